The molecule has 1 aromatic carbocycles. The van der Waals surface area contributed by atoms with Gasteiger partial charge in [0.25, 0.3) is 0 Å². The van der Waals surface area contributed by atoms with Crippen molar-refractivity contribution in [1.82, 2.24) is 5.32 Å². The van der Waals surface area contributed by atoms with Crippen molar-refractivity contribution >= 4 is 11.9 Å². The van der Waals surface area contributed by atoms with Gasteiger partial charge in [0.1, 0.15) is 6.04 Å². The summed E-state index contributed by atoms with van der Waals surface area (Å²) in [5, 5.41) is 11.2. The minimum Gasteiger partial charge on any atom is -0.480 e. The van der Waals surface area contributed by atoms with E-state index in [4.69, 9.17) is 5.11 Å². The van der Waals surface area contributed by atoms with Gasteiger partial charge in [-0.25, -0.2) is 4.79 Å². The van der Waals surface area contributed by atoms with E-state index in [1.54, 1.807) is 19.9 Å². The van der Waals surface area contributed by atoms with Crippen molar-refractivity contribution in [3.8, 4) is 0 Å². The Kier molecular flexibility index (Phi) is 6.60. The smallest absolute Gasteiger partial charge is 0.396 e. The normalized spacial score (nSPS) is 14.3. The molecule has 0 bridgehead atoms. The quantitative estimate of drug-likeness (QED) is 0.805. The van der Waals surface area contributed by atoms with E-state index >= 15 is 0 Å². The number of aliphatic carboxylic acids is 1. The molecule has 0 heterocycles. The number of carboxylic acids is 1. The molecular weight excluding hydrogens is 311 g/mol. The van der Waals surface area contributed by atoms with Crippen LogP contribution in [0, 0.1) is 5.92 Å². The lowest BCUT2D eigenvalue weighted by molar-refractivity contribution is -0.158. The number of carboxylic acid groups (broad SMARTS) is 1. The maximum atomic E-state index is 13.2. The largest absolute Gasteiger partial charge is 0.480 e. The zero-order chi connectivity index (χ0) is 17.6. The van der Waals surface area contributed by atoms with Gasteiger partial charge in [0, 0.05) is 6.42 Å². The van der Waals surface area contributed by atoms with Gasteiger partial charge in [0.15, 0.2) is 0 Å². The zero-order valence-electron chi connectivity index (χ0n) is 12.9. The van der Waals surface area contributed by atoms with Crippen LogP contribution in [0.1, 0.15) is 38.2 Å². The van der Waals surface area contributed by atoms with Gasteiger partial charge in [-0.2, -0.15) is 13.2 Å². The van der Waals surface area contributed by atoms with Crippen molar-refractivity contribution in [3.63, 3.8) is 0 Å². The molecule has 0 fully saturated rings. The van der Waals surface area contributed by atoms with Gasteiger partial charge >= 0.3 is 12.1 Å². The molecule has 1 rings (SSSR count). The van der Waals surface area contributed by atoms with Crippen LogP contribution in [0.5, 0.6) is 0 Å². The zero-order valence-corrected chi connectivity index (χ0v) is 12.9. The van der Waals surface area contributed by atoms with Crippen molar-refractivity contribution in [1.29, 1.82) is 0 Å². The minimum absolute atomic E-state index is 0.0102. The Balaban J connectivity index is 2.84. The first-order valence-corrected chi connectivity index (χ1v) is 7.25. The summed E-state index contributed by atoms with van der Waals surface area (Å²) in [5.41, 5.74) is -0.0223. The van der Waals surface area contributed by atoms with Gasteiger partial charge < -0.3 is 10.4 Å². The highest BCUT2D eigenvalue weighted by molar-refractivity contribution is 5.84. The van der Waals surface area contributed by atoms with Gasteiger partial charge in [0.2, 0.25) is 5.91 Å². The maximum absolute atomic E-state index is 13.2. The van der Waals surface area contributed by atoms with E-state index in [0.717, 1.165) is 0 Å². The molecule has 7 heteroatoms. The summed E-state index contributed by atoms with van der Waals surface area (Å²) in [7, 11) is 0. The molecule has 23 heavy (non-hydrogen) atoms. The summed E-state index contributed by atoms with van der Waals surface area (Å²) in [5.74, 6) is -4.15. The number of alkyl halides is 3. The Labute approximate surface area is 132 Å². The number of carbonyl (C=O) groups excluding carboxylic acids is 1. The topological polar surface area (TPSA) is 66.4 Å². The van der Waals surface area contributed by atoms with E-state index in [9.17, 15) is 22.8 Å². The number of benzene rings is 1. The molecule has 1 aromatic rings. The minimum atomic E-state index is -4.59. The Morgan fingerprint density at radius 3 is 2.17 bits per heavy atom. The Morgan fingerprint density at radius 2 is 1.74 bits per heavy atom. The maximum Gasteiger partial charge on any atom is 0.396 e. The van der Waals surface area contributed by atoms with Crippen LogP contribution in [0.2, 0.25) is 0 Å². The lowest BCUT2D eigenvalue weighted by Crippen LogP contribution is -2.42. The molecule has 128 valence electrons. The summed E-state index contributed by atoms with van der Waals surface area (Å²) in [6.07, 6.45) is -5.27. The second-order valence-corrected chi connectivity index (χ2v) is 5.80. The Hall–Kier alpha value is -2.05. The van der Waals surface area contributed by atoms with Crippen molar-refractivity contribution in [2.24, 2.45) is 5.92 Å². The number of amides is 1. The van der Waals surface area contributed by atoms with Gasteiger partial charge in [-0.15, -0.1) is 0 Å². The first-order chi connectivity index (χ1) is 10.6. The van der Waals surface area contributed by atoms with E-state index in [2.05, 4.69) is 5.32 Å². The molecular formula is C16H20F3NO3. The number of nitrogens with one attached hydrogen (secondary N) is 1. The molecule has 0 saturated carbocycles. The first-order valence-electron chi connectivity index (χ1n) is 7.25. The van der Waals surface area contributed by atoms with Gasteiger partial charge in [-0.1, -0.05) is 44.2 Å². The molecule has 0 aromatic heterocycles. The highest BCUT2D eigenvalue weighted by Crippen LogP contribution is 2.37. The van der Waals surface area contributed by atoms with Crippen LogP contribution < -0.4 is 5.32 Å². The number of halogens is 3. The number of hydrogen-bond donors (Lipinski definition) is 2. The van der Waals surface area contributed by atoms with Gasteiger partial charge in [0.05, 0.1) is 5.92 Å². The predicted octanol–water partition coefficient (Wildman–Crippen LogP) is 3.34. The van der Waals surface area contributed by atoms with Crippen LogP contribution in [0.4, 0.5) is 13.2 Å². The van der Waals surface area contributed by atoms with Crippen molar-refractivity contribution in [2.45, 2.75) is 44.8 Å². The molecule has 2 atom stereocenters. The molecule has 2 N–H and O–H groups in total. The third-order valence-electron chi connectivity index (χ3n) is 3.33. The van der Waals surface area contributed by atoms with Gasteiger partial charge in [-0.05, 0) is 17.9 Å². The monoisotopic (exact) mass is 331 g/mol. The number of rotatable bonds is 7. The summed E-state index contributed by atoms with van der Waals surface area (Å²) in [6, 6.07) is 5.92. The lowest BCUT2D eigenvalue weighted by atomic mass is 9.94. The molecule has 4 nitrogen and oxygen atoms in total. The lowest BCUT2D eigenvalue weighted by Gasteiger charge is -2.22. The van der Waals surface area contributed by atoms with Crippen LogP contribution in [0.15, 0.2) is 30.3 Å². The third kappa shape index (κ3) is 6.30. The van der Waals surface area contributed by atoms with E-state index in [-0.39, 0.29) is 17.9 Å². The van der Waals surface area contributed by atoms with Crippen molar-refractivity contribution < 1.29 is 27.9 Å². The molecule has 0 saturated heterocycles. The first kappa shape index (κ1) is 19.0. The summed E-state index contributed by atoms with van der Waals surface area (Å²) in [4.78, 5) is 23.0. The van der Waals surface area contributed by atoms with E-state index in [1.165, 1.54) is 24.3 Å². The Morgan fingerprint density at radius 1 is 1.17 bits per heavy atom. The van der Waals surface area contributed by atoms with Crippen molar-refractivity contribution in [3.05, 3.63) is 35.9 Å². The average molecular weight is 331 g/mol. The molecule has 0 aliphatic rings. The van der Waals surface area contributed by atoms with E-state index in [1.807, 2.05) is 0 Å². The summed E-state index contributed by atoms with van der Waals surface area (Å²) >= 11 is 0. The second-order valence-electron chi connectivity index (χ2n) is 5.80. The van der Waals surface area contributed by atoms with Crippen LogP contribution >= 0.6 is 0 Å². The van der Waals surface area contributed by atoms with Gasteiger partial charge in [-0.3, -0.25) is 4.79 Å². The summed E-state index contributed by atoms with van der Waals surface area (Å²) in [6.45, 7) is 3.54. The fraction of sp³-hybridized carbons (Fsp3) is 0.500. The molecule has 0 aliphatic carbocycles. The second kappa shape index (κ2) is 7.99. The third-order valence-corrected chi connectivity index (χ3v) is 3.33. The summed E-state index contributed by atoms with van der Waals surface area (Å²) < 4.78 is 39.5. The van der Waals surface area contributed by atoms with Crippen LogP contribution in [-0.2, 0) is 9.59 Å². The Bertz CT molecular complexity index is 529. The number of carbonyl (C=O) groups is 2. The SMILES string of the molecule is CC(C)C[C@H](NC(=O)CC(c1ccccc1)C(F)(F)F)C(=O)O. The average Bonchev–Trinajstić information content (AvgIpc) is 2.43. The predicted molar refractivity (Wildman–Crippen MR) is 78.9 cm³/mol. The standard InChI is InChI=1S/C16H20F3NO3/c1-10(2)8-13(15(22)23)20-14(21)9-12(16(17,18)19)11-6-4-3-5-7-11/h3-7,10,12-13H,8-9H2,1-2H3,(H,20,21)(H,22,23)/t12?,13-/m0/s1. The highest BCUT2D eigenvalue weighted by atomic mass is 19.4. The molecule has 1 amide bonds. The molecule has 0 radical (unpaired) electrons. The fourth-order valence-corrected chi connectivity index (χ4v) is 2.24. The van der Waals surface area contributed by atoms with Crippen molar-refractivity contribution in [2.75, 3.05) is 0 Å². The fourth-order valence-electron chi connectivity index (χ4n) is 2.24. The number of hydrogen-bond acceptors (Lipinski definition) is 2. The molecule has 1 unspecified atom stereocenters. The van der Waals surface area contributed by atoms with Crippen LogP contribution in [0.3, 0.4) is 0 Å². The van der Waals surface area contributed by atoms with E-state index in [0.29, 0.717) is 0 Å². The van der Waals surface area contributed by atoms with Crippen LogP contribution in [-0.4, -0.2) is 29.2 Å². The van der Waals surface area contributed by atoms with E-state index < -0.39 is 36.4 Å². The molecule has 0 spiro atoms. The van der Waals surface area contributed by atoms with Crippen LogP contribution in [0.25, 0.3) is 0 Å². The molecule has 0 aliphatic heterocycles. The highest BCUT2D eigenvalue weighted by Gasteiger charge is 2.42.